The molecule has 2 saturated heterocycles. The second-order valence-electron chi connectivity index (χ2n) is 3.68. The van der Waals surface area contributed by atoms with Crippen molar-refractivity contribution in [2.75, 3.05) is 6.54 Å². The van der Waals surface area contributed by atoms with Gasteiger partial charge in [-0.1, -0.05) is 0 Å². The lowest BCUT2D eigenvalue weighted by Crippen LogP contribution is -2.40. The van der Waals surface area contributed by atoms with Gasteiger partial charge in [0, 0.05) is 12.4 Å². The third kappa shape index (κ3) is 1.35. The Labute approximate surface area is 89.5 Å². The van der Waals surface area contributed by atoms with E-state index in [2.05, 4.69) is 15.3 Å². The highest BCUT2D eigenvalue weighted by Crippen LogP contribution is 2.49. The highest BCUT2D eigenvalue weighted by molar-refractivity contribution is 5.85. The molecule has 74 valence electrons. The van der Waals surface area contributed by atoms with Crippen molar-refractivity contribution in [3.8, 4) is 0 Å². The highest BCUT2D eigenvalue weighted by Gasteiger charge is 2.52. The number of aromatic nitrogens is 2. The summed E-state index contributed by atoms with van der Waals surface area (Å²) in [5.74, 6) is 2.05. The van der Waals surface area contributed by atoms with E-state index in [9.17, 15) is 0 Å². The maximum atomic E-state index is 4.29. The van der Waals surface area contributed by atoms with Crippen molar-refractivity contribution in [1.29, 1.82) is 0 Å². The van der Waals surface area contributed by atoms with Crippen LogP contribution in [-0.2, 0) is 5.54 Å². The van der Waals surface area contributed by atoms with Crippen LogP contribution in [0.3, 0.4) is 0 Å². The van der Waals surface area contributed by atoms with E-state index in [0.29, 0.717) is 0 Å². The maximum absolute atomic E-state index is 4.29. The maximum Gasteiger partial charge on any atom is 0.126 e. The first-order valence-corrected chi connectivity index (χ1v) is 4.14. The molecule has 1 aliphatic carbocycles. The molecule has 1 aromatic heterocycles. The van der Waals surface area contributed by atoms with E-state index in [0.717, 1.165) is 11.7 Å². The fourth-order valence-corrected chi connectivity index (χ4v) is 2.36. The fraction of sp³-hybridized carbons (Fsp3) is 0.625. The minimum atomic E-state index is 0. The van der Waals surface area contributed by atoms with E-state index >= 15 is 0 Å². The molecule has 3 fully saturated rings. The van der Waals surface area contributed by atoms with Crippen LogP contribution in [0.15, 0.2) is 12.4 Å². The number of nitrogens with zero attached hydrogens (tertiary/aromatic N) is 1. The van der Waals surface area contributed by atoms with Gasteiger partial charge in [0.05, 0.1) is 5.54 Å². The molecule has 3 aliphatic rings. The summed E-state index contributed by atoms with van der Waals surface area (Å²) in [6, 6.07) is 0. The van der Waals surface area contributed by atoms with Gasteiger partial charge >= 0.3 is 0 Å². The van der Waals surface area contributed by atoms with Gasteiger partial charge in [-0.05, 0) is 25.3 Å². The molecular weight excluding hydrogens is 209 g/mol. The molecule has 0 aromatic carbocycles. The largest absolute Gasteiger partial charge is 0.347 e. The summed E-state index contributed by atoms with van der Waals surface area (Å²) in [7, 11) is 0. The Morgan fingerprint density at radius 2 is 2.15 bits per heavy atom. The van der Waals surface area contributed by atoms with Gasteiger partial charge in [0.2, 0.25) is 0 Å². The van der Waals surface area contributed by atoms with Crippen LogP contribution in [0.5, 0.6) is 0 Å². The standard InChI is InChI=1S/C8H11N3.2ClH/c1-2-10-7(9-1)8-3-6(4-8)5-11-8;;/h1-2,6,11H,3-5H2,(H,9,10);2*1H. The number of hydrogen-bond donors (Lipinski definition) is 2. The number of imidazole rings is 1. The zero-order valence-electron chi connectivity index (χ0n) is 7.12. The highest BCUT2D eigenvalue weighted by atomic mass is 35.5. The van der Waals surface area contributed by atoms with Crippen molar-refractivity contribution < 1.29 is 0 Å². The molecule has 4 rings (SSSR count). The van der Waals surface area contributed by atoms with Crippen LogP contribution in [-0.4, -0.2) is 16.5 Å². The summed E-state index contributed by atoms with van der Waals surface area (Å²) in [5.41, 5.74) is 0.244. The van der Waals surface area contributed by atoms with Crippen molar-refractivity contribution in [2.45, 2.75) is 18.4 Å². The molecule has 3 heterocycles. The van der Waals surface area contributed by atoms with E-state index < -0.39 is 0 Å². The average Bonchev–Trinajstić information content (AvgIpc) is 2.59. The summed E-state index contributed by atoms with van der Waals surface area (Å²) in [4.78, 5) is 7.47. The predicted molar refractivity (Wildman–Crippen MR) is 55.5 cm³/mol. The molecule has 0 atom stereocenters. The third-order valence-corrected chi connectivity index (χ3v) is 2.95. The molecule has 2 N–H and O–H groups in total. The average molecular weight is 222 g/mol. The molecule has 5 heteroatoms. The molecule has 0 amide bonds. The second kappa shape index (κ2) is 3.48. The van der Waals surface area contributed by atoms with Crippen molar-refractivity contribution in [3.63, 3.8) is 0 Å². The van der Waals surface area contributed by atoms with E-state index in [4.69, 9.17) is 0 Å². The Kier molecular flexibility index (Phi) is 2.90. The molecule has 3 nitrogen and oxygen atoms in total. The summed E-state index contributed by atoms with van der Waals surface area (Å²) in [5, 5.41) is 3.52. The first-order chi connectivity index (χ1) is 5.39. The second-order valence-corrected chi connectivity index (χ2v) is 3.68. The predicted octanol–water partition coefficient (Wildman–Crippen LogP) is 1.46. The molecule has 1 aromatic rings. The van der Waals surface area contributed by atoms with Crippen molar-refractivity contribution in [3.05, 3.63) is 18.2 Å². The van der Waals surface area contributed by atoms with Crippen LogP contribution < -0.4 is 5.32 Å². The van der Waals surface area contributed by atoms with Gasteiger partial charge in [0.1, 0.15) is 5.82 Å². The number of rotatable bonds is 1. The minimum absolute atomic E-state index is 0. The van der Waals surface area contributed by atoms with Gasteiger partial charge in [-0.2, -0.15) is 0 Å². The summed E-state index contributed by atoms with van der Waals surface area (Å²) < 4.78 is 0. The molecule has 0 radical (unpaired) electrons. The first-order valence-electron chi connectivity index (χ1n) is 4.14. The van der Waals surface area contributed by atoms with Gasteiger partial charge in [-0.15, -0.1) is 24.8 Å². The lowest BCUT2D eigenvalue weighted by Gasteiger charge is -2.35. The van der Waals surface area contributed by atoms with Crippen LogP contribution in [0.1, 0.15) is 18.7 Å². The van der Waals surface area contributed by atoms with Crippen molar-refractivity contribution in [2.24, 2.45) is 5.92 Å². The van der Waals surface area contributed by atoms with E-state index in [-0.39, 0.29) is 30.4 Å². The van der Waals surface area contributed by atoms with E-state index in [1.54, 1.807) is 0 Å². The van der Waals surface area contributed by atoms with Gasteiger partial charge in [0.15, 0.2) is 0 Å². The molecule has 1 saturated carbocycles. The van der Waals surface area contributed by atoms with Gasteiger partial charge in [-0.25, -0.2) is 4.98 Å². The first kappa shape index (κ1) is 10.8. The molecule has 2 aliphatic heterocycles. The van der Waals surface area contributed by atoms with Crippen LogP contribution in [0, 0.1) is 5.92 Å². The topological polar surface area (TPSA) is 40.7 Å². The van der Waals surface area contributed by atoms with E-state index in [1.807, 2.05) is 12.4 Å². The lowest BCUT2D eigenvalue weighted by atomic mass is 9.73. The number of hydrogen-bond acceptors (Lipinski definition) is 2. The lowest BCUT2D eigenvalue weighted by molar-refractivity contribution is 0.217. The monoisotopic (exact) mass is 221 g/mol. The smallest absolute Gasteiger partial charge is 0.126 e. The van der Waals surface area contributed by atoms with E-state index in [1.165, 1.54) is 19.4 Å². The Morgan fingerprint density at radius 3 is 2.62 bits per heavy atom. The quantitative estimate of drug-likeness (QED) is 0.755. The zero-order valence-corrected chi connectivity index (χ0v) is 8.75. The summed E-state index contributed by atoms with van der Waals surface area (Å²) >= 11 is 0. The Morgan fingerprint density at radius 1 is 1.38 bits per heavy atom. The number of aromatic amines is 1. The van der Waals surface area contributed by atoms with Gasteiger partial charge in [-0.3, -0.25) is 0 Å². The Bertz CT molecular complexity index is 261. The summed E-state index contributed by atoms with van der Waals surface area (Å²) in [6.07, 6.45) is 6.29. The number of fused-ring (bicyclic) bond motifs is 1. The third-order valence-electron chi connectivity index (χ3n) is 2.95. The van der Waals surface area contributed by atoms with Gasteiger partial charge < -0.3 is 10.3 Å². The normalized spacial score (nSPS) is 34.3. The minimum Gasteiger partial charge on any atom is -0.347 e. The number of H-pyrrole nitrogens is 1. The van der Waals surface area contributed by atoms with Crippen LogP contribution in [0.2, 0.25) is 0 Å². The zero-order chi connectivity index (χ0) is 7.31. The molecule has 2 bridgehead atoms. The Balaban J connectivity index is 0.000000422. The van der Waals surface area contributed by atoms with Crippen LogP contribution >= 0.6 is 24.8 Å². The van der Waals surface area contributed by atoms with Crippen LogP contribution in [0.25, 0.3) is 0 Å². The molecule has 0 unspecified atom stereocenters. The van der Waals surface area contributed by atoms with Crippen LogP contribution in [0.4, 0.5) is 0 Å². The summed E-state index contributed by atoms with van der Waals surface area (Å²) in [6.45, 7) is 1.18. The number of halogens is 2. The Hall–Kier alpha value is -0.250. The molecule has 0 spiro atoms. The fourth-order valence-electron chi connectivity index (χ4n) is 2.36. The van der Waals surface area contributed by atoms with Crippen molar-refractivity contribution >= 4 is 24.8 Å². The molecular formula is C8H13Cl2N3. The van der Waals surface area contributed by atoms with Gasteiger partial charge in [0.25, 0.3) is 0 Å². The SMILES string of the molecule is Cl.Cl.c1c[nH]c(C23CC(CN2)C3)n1. The number of nitrogens with one attached hydrogen (secondary N) is 2. The van der Waals surface area contributed by atoms with Crippen molar-refractivity contribution in [1.82, 2.24) is 15.3 Å². The molecule has 13 heavy (non-hydrogen) atoms.